The summed E-state index contributed by atoms with van der Waals surface area (Å²) in [4.78, 5) is 25.4. The smallest absolute Gasteiger partial charge is 0.309 e. The normalized spacial score (nSPS) is 42.4. The highest BCUT2D eigenvalue weighted by Crippen LogP contribution is 2.86. The van der Waals surface area contributed by atoms with Gasteiger partial charge >= 0.3 is 21.6 Å². The summed E-state index contributed by atoms with van der Waals surface area (Å²) in [5.74, 6) is 0.686. The van der Waals surface area contributed by atoms with E-state index in [0.29, 0.717) is 24.9 Å². The summed E-state index contributed by atoms with van der Waals surface area (Å²) in [6, 6.07) is 0. The predicted octanol–water partition coefficient (Wildman–Crippen LogP) is 1.78. The molecule has 1 aliphatic heterocycles. The van der Waals surface area contributed by atoms with Crippen molar-refractivity contribution in [3.05, 3.63) is 0 Å². The first kappa shape index (κ1) is 18.8. The second-order valence-corrected chi connectivity index (χ2v) is 11.1. The van der Waals surface area contributed by atoms with Gasteiger partial charge in [-0.3, -0.25) is 14.1 Å². The number of ether oxygens (including phenoxy) is 1. The number of likely N-dealkylation sites (tertiary alicyclic amines) is 1. The summed E-state index contributed by atoms with van der Waals surface area (Å²) >= 11 is 0. The first-order chi connectivity index (χ1) is 13.2. The van der Waals surface area contributed by atoms with Crippen molar-refractivity contribution in [2.24, 2.45) is 34.5 Å². The average molecular weight is 415 g/mol. The lowest BCUT2D eigenvalue weighted by Gasteiger charge is -2.74. The lowest BCUT2D eigenvalue weighted by Crippen LogP contribution is -2.70. The van der Waals surface area contributed by atoms with Gasteiger partial charge in [0.2, 0.25) is 0 Å². The van der Waals surface area contributed by atoms with Crippen LogP contribution in [0.2, 0.25) is 0 Å². The Morgan fingerprint density at radius 3 is 2.29 bits per heavy atom. The molecule has 9 heteroatoms. The number of fused-ring (bicyclic) bond motifs is 1. The van der Waals surface area contributed by atoms with Crippen molar-refractivity contribution in [3.63, 3.8) is 0 Å². The molecular formula is C19H26FNO6S. The van der Waals surface area contributed by atoms with Gasteiger partial charge in [-0.25, -0.2) is 4.39 Å². The van der Waals surface area contributed by atoms with Crippen LogP contribution in [0.15, 0.2) is 0 Å². The maximum absolute atomic E-state index is 13.5. The molecule has 4 aliphatic carbocycles. The van der Waals surface area contributed by atoms with Crippen molar-refractivity contribution in [2.75, 3.05) is 19.7 Å². The van der Waals surface area contributed by atoms with Crippen molar-refractivity contribution in [2.45, 2.75) is 50.4 Å². The quantitative estimate of drug-likeness (QED) is 0.543. The zero-order valence-electron chi connectivity index (χ0n) is 15.7. The predicted molar refractivity (Wildman–Crippen MR) is 95.1 cm³/mol. The van der Waals surface area contributed by atoms with E-state index in [2.05, 4.69) is 0 Å². The van der Waals surface area contributed by atoms with Crippen LogP contribution in [0.1, 0.15) is 44.9 Å². The highest BCUT2D eigenvalue weighted by Gasteiger charge is 2.81. The zero-order valence-corrected chi connectivity index (χ0v) is 16.5. The molecule has 3 unspecified atom stereocenters. The van der Waals surface area contributed by atoms with Crippen LogP contribution in [0.5, 0.6) is 0 Å². The molecule has 4 saturated carbocycles. The third-order valence-electron chi connectivity index (χ3n) is 8.67. The van der Waals surface area contributed by atoms with Gasteiger partial charge in [0, 0.05) is 18.5 Å². The van der Waals surface area contributed by atoms with E-state index in [1.807, 2.05) is 0 Å². The molecule has 1 saturated heterocycles. The van der Waals surface area contributed by atoms with Crippen LogP contribution in [0, 0.1) is 34.5 Å². The van der Waals surface area contributed by atoms with Crippen LogP contribution in [0.4, 0.5) is 4.39 Å². The Kier molecular flexibility index (Phi) is 3.96. The minimum atomic E-state index is -5.06. The maximum atomic E-state index is 13.5. The number of esters is 1. The molecule has 1 heterocycles. The Labute approximate surface area is 163 Å². The summed E-state index contributed by atoms with van der Waals surface area (Å²) in [7, 11) is -5.06. The summed E-state index contributed by atoms with van der Waals surface area (Å²) in [5, 5.41) is 0. The Morgan fingerprint density at radius 1 is 1.14 bits per heavy atom. The van der Waals surface area contributed by atoms with Crippen LogP contribution in [0.25, 0.3) is 0 Å². The largest absolute Gasteiger partial charge is 0.465 e. The van der Waals surface area contributed by atoms with E-state index >= 15 is 0 Å². The maximum Gasteiger partial charge on any atom is 0.309 e. The summed E-state index contributed by atoms with van der Waals surface area (Å²) < 4.78 is 49.5. The van der Waals surface area contributed by atoms with Crippen LogP contribution in [-0.2, 0) is 24.4 Å². The van der Waals surface area contributed by atoms with Gasteiger partial charge in [0.1, 0.15) is 0 Å². The van der Waals surface area contributed by atoms with E-state index in [9.17, 15) is 22.4 Å². The standard InChI is InChI=1S/C19H26FNO6S/c20-15(28(24,25)26)16(22)21-3-1-12(2-4-21)17(23)27-10-18-8-13-5-11-6-14(9-18)19(13,18)7-11/h11-15H,1-10H2,(H,24,25,26). The Bertz CT molecular complexity index is 804. The van der Waals surface area contributed by atoms with E-state index in [1.165, 1.54) is 32.1 Å². The number of rotatable bonds is 5. The topological polar surface area (TPSA) is 101 Å². The highest BCUT2D eigenvalue weighted by molar-refractivity contribution is 7.87. The van der Waals surface area contributed by atoms with Gasteiger partial charge < -0.3 is 9.64 Å². The molecule has 0 aromatic carbocycles. The van der Waals surface area contributed by atoms with Gasteiger partial charge in [-0.1, -0.05) is 0 Å². The molecule has 0 radical (unpaired) electrons. The van der Waals surface area contributed by atoms with E-state index in [0.717, 1.165) is 22.7 Å². The van der Waals surface area contributed by atoms with E-state index < -0.39 is 21.5 Å². The molecule has 5 aliphatic rings. The van der Waals surface area contributed by atoms with Crippen LogP contribution in [0.3, 0.4) is 0 Å². The van der Waals surface area contributed by atoms with Crippen molar-refractivity contribution in [1.29, 1.82) is 0 Å². The first-order valence-electron chi connectivity index (χ1n) is 10.2. The average Bonchev–Trinajstić information content (AvgIpc) is 3.17. The molecule has 28 heavy (non-hydrogen) atoms. The fourth-order valence-corrected chi connectivity index (χ4v) is 7.98. The van der Waals surface area contributed by atoms with Crippen molar-refractivity contribution in [3.8, 4) is 0 Å². The minimum Gasteiger partial charge on any atom is -0.465 e. The molecule has 7 nitrogen and oxygen atoms in total. The number of alkyl halides is 1. The molecule has 1 spiro atoms. The van der Waals surface area contributed by atoms with E-state index in [-0.39, 0.29) is 30.4 Å². The fourth-order valence-electron chi connectivity index (χ4n) is 7.58. The van der Waals surface area contributed by atoms with E-state index in [4.69, 9.17) is 9.29 Å². The van der Waals surface area contributed by atoms with E-state index in [1.54, 1.807) is 0 Å². The summed E-state index contributed by atoms with van der Waals surface area (Å²) in [5.41, 5.74) is -2.30. The third-order valence-corrected chi connectivity index (χ3v) is 9.39. The number of hydrogen-bond donors (Lipinski definition) is 1. The van der Waals surface area contributed by atoms with Crippen molar-refractivity contribution in [1.82, 2.24) is 4.90 Å². The van der Waals surface area contributed by atoms with Crippen LogP contribution < -0.4 is 0 Å². The molecule has 0 aromatic rings. The molecule has 3 atom stereocenters. The zero-order chi connectivity index (χ0) is 19.9. The number of halogens is 1. The number of carbonyl (C=O) groups excluding carboxylic acids is 2. The lowest BCUT2D eigenvalue weighted by molar-refractivity contribution is -0.279. The van der Waals surface area contributed by atoms with Gasteiger partial charge in [-0.15, -0.1) is 0 Å². The Balaban J connectivity index is 1.12. The minimum absolute atomic E-state index is 0.0788. The molecule has 5 rings (SSSR count). The molecule has 5 fully saturated rings. The molecular weight excluding hydrogens is 389 g/mol. The van der Waals surface area contributed by atoms with Gasteiger partial charge in [0.25, 0.3) is 5.91 Å². The van der Waals surface area contributed by atoms with Gasteiger partial charge in [0.15, 0.2) is 0 Å². The number of piperidine rings is 1. The molecule has 156 valence electrons. The molecule has 1 N–H and O–H groups in total. The second kappa shape index (κ2) is 5.90. The SMILES string of the molecule is O=C(OCC12CC3CC4CC(C1)C32C4)C1CCN(C(=O)C(F)S(=O)(=O)O)CC1. The summed E-state index contributed by atoms with van der Waals surface area (Å²) in [6.45, 7) is 0.658. The lowest BCUT2D eigenvalue weighted by atomic mass is 9.30. The van der Waals surface area contributed by atoms with Crippen molar-refractivity contribution < 1.29 is 31.7 Å². The Hall–Kier alpha value is -1.22. The summed E-state index contributed by atoms with van der Waals surface area (Å²) in [6.07, 6.45) is 7.04. The van der Waals surface area contributed by atoms with Gasteiger partial charge in [0.05, 0.1) is 12.5 Å². The second-order valence-electron chi connectivity index (χ2n) is 9.70. The number of carbonyl (C=O) groups is 2. The van der Waals surface area contributed by atoms with Crippen LogP contribution in [-0.4, -0.2) is 54.9 Å². The number of amides is 1. The van der Waals surface area contributed by atoms with Gasteiger partial charge in [-0.05, 0) is 68.1 Å². The van der Waals surface area contributed by atoms with Crippen molar-refractivity contribution >= 4 is 22.0 Å². The number of nitrogens with zero attached hydrogens (tertiary/aromatic N) is 1. The van der Waals surface area contributed by atoms with Gasteiger partial charge in [-0.2, -0.15) is 8.42 Å². The van der Waals surface area contributed by atoms with Crippen LogP contribution >= 0.6 is 0 Å². The Morgan fingerprint density at radius 2 is 1.75 bits per heavy atom. The number of hydrogen-bond acceptors (Lipinski definition) is 5. The third kappa shape index (κ3) is 2.38. The molecule has 0 aromatic heterocycles. The highest BCUT2D eigenvalue weighted by atomic mass is 32.2. The molecule has 1 amide bonds. The fraction of sp³-hybridized carbons (Fsp3) is 0.895. The monoisotopic (exact) mass is 415 g/mol. The first-order valence-corrected chi connectivity index (χ1v) is 11.7. The molecule has 2 bridgehead atoms.